The molecule has 0 aromatic heterocycles. The van der Waals surface area contributed by atoms with Crippen LogP contribution in [0.25, 0.3) is 4.85 Å². The van der Waals surface area contributed by atoms with Gasteiger partial charge in [-0.15, -0.1) is 0 Å². The van der Waals surface area contributed by atoms with Crippen LogP contribution in [-0.2, 0) is 21.2 Å². The molecule has 0 aliphatic rings. The van der Waals surface area contributed by atoms with E-state index in [4.69, 9.17) is 6.57 Å². The van der Waals surface area contributed by atoms with Crippen LogP contribution in [-0.4, -0.2) is 20.2 Å². The molecule has 0 radical (unpaired) electrons. The van der Waals surface area contributed by atoms with E-state index in [0.29, 0.717) is 24.1 Å². The van der Waals surface area contributed by atoms with Crippen LogP contribution in [0.3, 0.4) is 0 Å². The quantitative estimate of drug-likeness (QED) is 0.334. The Labute approximate surface area is 220 Å². The third kappa shape index (κ3) is 7.46. The number of rotatable bonds is 10. The van der Waals surface area contributed by atoms with Crippen molar-refractivity contribution in [2.45, 2.75) is 44.0 Å². The third-order valence-electron chi connectivity index (χ3n) is 5.75. The Kier molecular flexibility index (Phi) is 9.31. The third-order valence-corrected chi connectivity index (χ3v) is 7.12. The summed E-state index contributed by atoms with van der Waals surface area (Å²) in [5.74, 6) is -3.60. The second kappa shape index (κ2) is 12.4. The van der Waals surface area contributed by atoms with Crippen LogP contribution in [0, 0.1) is 24.1 Å². The first-order valence-corrected chi connectivity index (χ1v) is 13.4. The molecule has 0 saturated carbocycles. The zero-order chi connectivity index (χ0) is 27.9. The predicted octanol–water partition coefficient (Wildman–Crippen LogP) is 5.47. The summed E-state index contributed by atoms with van der Waals surface area (Å²) in [6, 6.07) is 15.7. The van der Waals surface area contributed by atoms with Crippen LogP contribution in [0.2, 0.25) is 0 Å². The Balaban J connectivity index is 1.77. The van der Waals surface area contributed by atoms with Gasteiger partial charge in [0.1, 0.15) is 0 Å². The Hall–Kier alpha value is -4.10. The van der Waals surface area contributed by atoms with E-state index >= 15 is 0 Å². The second-order valence-electron chi connectivity index (χ2n) is 9.12. The van der Waals surface area contributed by atoms with Crippen LogP contribution in [0.1, 0.15) is 54.2 Å². The average Bonchev–Trinajstić information content (AvgIpc) is 2.88. The maximum absolute atomic E-state index is 13.5. The fourth-order valence-electron chi connectivity index (χ4n) is 3.89. The molecule has 1 atom stereocenters. The number of nitrogens with one attached hydrogen (secondary N) is 2. The Morgan fingerprint density at radius 3 is 2.32 bits per heavy atom. The molecule has 3 aromatic rings. The molecule has 3 aromatic carbocycles. The first kappa shape index (κ1) is 28.5. The largest absolute Gasteiger partial charge is 0.345 e. The summed E-state index contributed by atoms with van der Waals surface area (Å²) < 4.78 is 53.2. The lowest BCUT2D eigenvalue weighted by atomic mass is 9.95. The molecule has 198 valence electrons. The summed E-state index contributed by atoms with van der Waals surface area (Å²) in [5, 5.41) is 3.03. The highest BCUT2D eigenvalue weighted by atomic mass is 32.2. The van der Waals surface area contributed by atoms with E-state index in [1.54, 1.807) is 6.07 Å². The lowest BCUT2D eigenvalue weighted by molar-refractivity contribution is -0.119. The monoisotopic (exact) mass is 539 g/mol. The van der Waals surface area contributed by atoms with E-state index < -0.39 is 38.4 Å². The van der Waals surface area contributed by atoms with E-state index in [-0.39, 0.29) is 36.1 Å². The molecule has 7 nitrogen and oxygen atoms in total. The highest BCUT2D eigenvalue weighted by Gasteiger charge is 2.22. The number of aryl methyl sites for hydroxylation is 1. The average molecular weight is 540 g/mol. The highest BCUT2D eigenvalue weighted by molar-refractivity contribution is 7.90. The lowest BCUT2D eigenvalue weighted by Gasteiger charge is -2.22. The van der Waals surface area contributed by atoms with Crippen LogP contribution < -0.4 is 10.0 Å². The van der Waals surface area contributed by atoms with Gasteiger partial charge in [-0.1, -0.05) is 56.3 Å². The predicted molar refractivity (Wildman–Crippen MR) is 139 cm³/mol. The molecule has 0 bridgehead atoms. The molecular formula is C28H27F2N3O4S. The molecule has 0 aliphatic carbocycles. The zero-order valence-electron chi connectivity index (χ0n) is 20.9. The maximum Gasteiger partial charge on any atom is 0.264 e. The number of sulfonamides is 1. The summed E-state index contributed by atoms with van der Waals surface area (Å²) in [5.41, 5.74) is 1.83. The highest BCUT2D eigenvalue weighted by Crippen LogP contribution is 2.25. The molecule has 0 aliphatic heterocycles. The summed E-state index contributed by atoms with van der Waals surface area (Å²) in [7, 11) is -4.42. The molecule has 2 N–H and O–H groups in total. The van der Waals surface area contributed by atoms with Crippen LogP contribution in [0.5, 0.6) is 0 Å². The number of benzene rings is 3. The lowest BCUT2D eigenvalue weighted by Crippen LogP contribution is -2.32. The Morgan fingerprint density at radius 2 is 1.68 bits per heavy atom. The molecule has 10 heteroatoms. The van der Waals surface area contributed by atoms with Gasteiger partial charge in [0, 0.05) is 12.0 Å². The SMILES string of the molecule is [C-]#[N+]c1ccc(CCC(=O)NS(=O)(=O)c2ccc(F)c(F)c2)c(C(=O)NC(CC(C)C)c2ccccc2)c1. The van der Waals surface area contributed by atoms with Crippen molar-refractivity contribution in [3.8, 4) is 0 Å². The first-order chi connectivity index (χ1) is 18.0. The van der Waals surface area contributed by atoms with Crippen molar-refractivity contribution in [1.29, 1.82) is 0 Å². The molecule has 0 heterocycles. The van der Waals surface area contributed by atoms with Gasteiger partial charge in [-0.05, 0) is 54.2 Å². The number of nitrogens with zero attached hydrogens (tertiary/aromatic N) is 1. The standard InChI is InChI=1S/C28H27F2N3O4S/c1-18(2)15-26(20-7-5-4-6-8-20)32-28(35)23-16-21(31-3)11-9-19(23)10-14-27(34)33-38(36,37)22-12-13-24(29)25(30)17-22/h4-9,11-13,16-18,26H,10,14-15H2,1-2H3,(H,32,35)(H,33,34). The molecule has 0 saturated heterocycles. The van der Waals surface area contributed by atoms with Gasteiger partial charge in [-0.3, -0.25) is 9.59 Å². The molecule has 2 amide bonds. The summed E-state index contributed by atoms with van der Waals surface area (Å²) in [6.45, 7) is 11.4. The van der Waals surface area contributed by atoms with Gasteiger partial charge in [0.25, 0.3) is 15.9 Å². The van der Waals surface area contributed by atoms with E-state index in [0.717, 1.165) is 11.6 Å². The Bertz CT molecular complexity index is 1470. The number of carbonyl (C=O) groups is 2. The second-order valence-corrected chi connectivity index (χ2v) is 10.8. The number of carbonyl (C=O) groups excluding carboxylic acids is 2. The number of hydrogen-bond acceptors (Lipinski definition) is 4. The Morgan fingerprint density at radius 1 is 0.974 bits per heavy atom. The van der Waals surface area contributed by atoms with Gasteiger partial charge in [-0.25, -0.2) is 26.8 Å². The van der Waals surface area contributed by atoms with Gasteiger partial charge in [0.2, 0.25) is 5.91 Å². The minimum atomic E-state index is -4.42. The molecule has 0 spiro atoms. The number of hydrogen-bond donors (Lipinski definition) is 2. The zero-order valence-corrected chi connectivity index (χ0v) is 21.7. The summed E-state index contributed by atoms with van der Waals surface area (Å²) in [4.78, 5) is 28.6. The van der Waals surface area contributed by atoms with Crippen molar-refractivity contribution in [2.75, 3.05) is 0 Å². The minimum Gasteiger partial charge on any atom is -0.345 e. The fraction of sp³-hybridized carbons (Fsp3) is 0.250. The first-order valence-electron chi connectivity index (χ1n) is 11.9. The van der Waals surface area contributed by atoms with Crippen LogP contribution in [0.15, 0.2) is 71.6 Å². The van der Waals surface area contributed by atoms with Gasteiger partial charge in [0.05, 0.1) is 17.5 Å². The molecule has 3 rings (SSSR count). The molecular weight excluding hydrogens is 512 g/mol. The topological polar surface area (TPSA) is 96.7 Å². The van der Waals surface area contributed by atoms with E-state index in [1.165, 1.54) is 12.1 Å². The molecule has 38 heavy (non-hydrogen) atoms. The van der Waals surface area contributed by atoms with E-state index in [2.05, 4.69) is 10.2 Å². The molecule has 0 fully saturated rings. The fourth-order valence-corrected chi connectivity index (χ4v) is 4.91. The summed E-state index contributed by atoms with van der Waals surface area (Å²) in [6.07, 6.45) is 0.368. The van der Waals surface area contributed by atoms with Crippen molar-refractivity contribution in [1.82, 2.24) is 10.0 Å². The number of halogens is 2. The van der Waals surface area contributed by atoms with Gasteiger partial charge < -0.3 is 5.32 Å². The van der Waals surface area contributed by atoms with Crippen LogP contribution in [0.4, 0.5) is 14.5 Å². The van der Waals surface area contributed by atoms with E-state index in [1.807, 2.05) is 48.9 Å². The van der Waals surface area contributed by atoms with Gasteiger partial charge >= 0.3 is 0 Å². The van der Waals surface area contributed by atoms with Crippen molar-refractivity contribution in [3.05, 3.63) is 106 Å². The molecule has 1 unspecified atom stereocenters. The normalized spacial score (nSPS) is 12.0. The summed E-state index contributed by atoms with van der Waals surface area (Å²) >= 11 is 0. The van der Waals surface area contributed by atoms with Gasteiger partial charge in [-0.2, -0.15) is 0 Å². The minimum absolute atomic E-state index is 0.000347. The van der Waals surface area contributed by atoms with Gasteiger partial charge in [0.15, 0.2) is 17.3 Å². The van der Waals surface area contributed by atoms with Crippen molar-refractivity contribution in [2.24, 2.45) is 5.92 Å². The smallest absolute Gasteiger partial charge is 0.264 e. The van der Waals surface area contributed by atoms with Crippen molar-refractivity contribution >= 4 is 27.5 Å². The number of amides is 2. The van der Waals surface area contributed by atoms with Crippen LogP contribution >= 0.6 is 0 Å². The van der Waals surface area contributed by atoms with Crippen molar-refractivity contribution < 1.29 is 26.8 Å². The maximum atomic E-state index is 13.5. The van der Waals surface area contributed by atoms with Crippen molar-refractivity contribution in [3.63, 3.8) is 0 Å². The van der Waals surface area contributed by atoms with E-state index in [9.17, 15) is 26.8 Å².